The molecule has 1 aromatic carbocycles. The summed E-state index contributed by atoms with van der Waals surface area (Å²) in [5.41, 5.74) is 7.16. The summed E-state index contributed by atoms with van der Waals surface area (Å²) in [6.45, 7) is 2.90. The van der Waals surface area contributed by atoms with Crippen molar-refractivity contribution in [2.24, 2.45) is 11.7 Å². The van der Waals surface area contributed by atoms with Crippen molar-refractivity contribution < 1.29 is 4.74 Å². The number of rotatable bonds is 4. The molecule has 0 heterocycles. The maximum absolute atomic E-state index is 6.28. The van der Waals surface area contributed by atoms with E-state index in [9.17, 15) is 0 Å². The van der Waals surface area contributed by atoms with Gasteiger partial charge in [-0.2, -0.15) is 0 Å². The van der Waals surface area contributed by atoms with Crippen LogP contribution >= 0.6 is 0 Å². The van der Waals surface area contributed by atoms with Crippen molar-refractivity contribution in [3.63, 3.8) is 0 Å². The maximum atomic E-state index is 6.28. The highest BCUT2D eigenvalue weighted by atomic mass is 16.5. The zero-order chi connectivity index (χ0) is 12.8. The van der Waals surface area contributed by atoms with Crippen LogP contribution in [0.25, 0.3) is 0 Å². The molecule has 1 aromatic rings. The highest BCUT2D eigenvalue weighted by molar-refractivity contribution is 5.16. The van der Waals surface area contributed by atoms with Crippen LogP contribution in [0.5, 0.6) is 0 Å². The average molecular weight is 247 g/mol. The van der Waals surface area contributed by atoms with Gasteiger partial charge in [-0.3, -0.25) is 0 Å². The van der Waals surface area contributed by atoms with Gasteiger partial charge < -0.3 is 10.5 Å². The Kier molecular flexibility index (Phi) is 5.21. The molecular weight excluding hydrogens is 222 g/mol. The van der Waals surface area contributed by atoms with Crippen LogP contribution in [0.15, 0.2) is 30.3 Å². The standard InChI is InChI=1S/C16H25NO/c1-13(14-8-4-2-5-9-14)18-16-11-7-3-6-10-15(16)12-17/h2,4-5,8-9,13,15-16H,3,6-7,10-12,17H2,1H3. The molecule has 3 atom stereocenters. The summed E-state index contributed by atoms with van der Waals surface area (Å²) in [5, 5.41) is 0. The van der Waals surface area contributed by atoms with Crippen LogP contribution in [-0.4, -0.2) is 12.6 Å². The fraction of sp³-hybridized carbons (Fsp3) is 0.625. The molecule has 0 aliphatic heterocycles. The van der Waals surface area contributed by atoms with E-state index in [2.05, 4.69) is 31.2 Å². The van der Waals surface area contributed by atoms with Crippen LogP contribution < -0.4 is 5.73 Å². The molecule has 0 amide bonds. The van der Waals surface area contributed by atoms with E-state index >= 15 is 0 Å². The van der Waals surface area contributed by atoms with Crippen molar-refractivity contribution in [2.75, 3.05) is 6.54 Å². The van der Waals surface area contributed by atoms with E-state index in [1.165, 1.54) is 37.7 Å². The molecule has 1 aliphatic rings. The molecule has 100 valence electrons. The first-order chi connectivity index (χ1) is 8.81. The lowest BCUT2D eigenvalue weighted by Crippen LogP contribution is -2.30. The van der Waals surface area contributed by atoms with E-state index in [1.54, 1.807) is 0 Å². The van der Waals surface area contributed by atoms with E-state index in [4.69, 9.17) is 10.5 Å². The van der Waals surface area contributed by atoms with Gasteiger partial charge in [0.25, 0.3) is 0 Å². The Morgan fingerprint density at radius 3 is 2.61 bits per heavy atom. The van der Waals surface area contributed by atoms with Crippen molar-refractivity contribution in [1.82, 2.24) is 0 Å². The fourth-order valence-corrected chi connectivity index (χ4v) is 2.86. The fourth-order valence-electron chi connectivity index (χ4n) is 2.86. The van der Waals surface area contributed by atoms with Crippen LogP contribution in [0.3, 0.4) is 0 Å². The van der Waals surface area contributed by atoms with Crippen molar-refractivity contribution in [3.05, 3.63) is 35.9 Å². The Labute approximate surface area is 111 Å². The van der Waals surface area contributed by atoms with E-state index in [0.717, 1.165) is 6.54 Å². The smallest absolute Gasteiger partial charge is 0.0800 e. The minimum absolute atomic E-state index is 0.170. The molecule has 2 rings (SSSR count). The third-order valence-corrected chi connectivity index (χ3v) is 4.04. The SMILES string of the molecule is CC(OC1CCCCCC1CN)c1ccccc1. The maximum Gasteiger partial charge on any atom is 0.0800 e. The summed E-state index contributed by atoms with van der Waals surface area (Å²) >= 11 is 0. The molecule has 0 saturated heterocycles. The van der Waals surface area contributed by atoms with Gasteiger partial charge in [-0.15, -0.1) is 0 Å². The first-order valence-electron chi connectivity index (χ1n) is 7.21. The molecule has 0 spiro atoms. The number of hydrogen-bond donors (Lipinski definition) is 1. The number of ether oxygens (including phenoxy) is 1. The van der Waals surface area contributed by atoms with E-state index in [-0.39, 0.29) is 6.10 Å². The normalized spacial score (nSPS) is 26.6. The van der Waals surface area contributed by atoms with Crippen LogP contribution in [-0.2, 0) is 4.74 Å². The zero-order valence-electron chi connectivity index (χ0n) is 11.3. The van der Waals surface area contributed by atoms with Crippen molar-refractivity contribution in [1.29, 1.82) is 0 Å². The minimum atomic E-state index is 0.170. The summed E-state index contributed by atoms with van der Waals surface area (Å²) in [4.78, 5) is 0. The Morgan fingerprint density at radius 1 is 1.17 bits per heavy atom. The Balaban J connectivity index is 1.98. The van der Waals surface area contributed by atoms with Gasteiger partial charge in [0.1, 0.15) is 0 Å². The van der Waals surface area contributed by atoms with Gasteiger partial charge in [0, 0.05) is 0 Å². The molecule has 2 heteroatoms. The van der Waals surface area contributed by atoms with Gasteiger partial charge in [0.05, 0.1) is 12.2 Å². The molecule has 3 unspecified atom stereocenters. The summed E-state index contributed by atoms with van der Waals surface area (Å²) < 4.78 is 6.28. The lowest BCUT2D eigenvalue weighted by atomic mass is 9.97. The molecule has 1 fully saturated rings. The lowest BCUT2D eigenvalue weighted by molar-refractivity contribution is -0.0375. The van der Waals surface area contributed by atoms with Gasteiger partial charge in [0.2, 0.25) is 0 Å². The second-order valence-electron chi connectivity index (χ2n) is 5.36. The summed E-state index contributed by atoms with van der Waals surface area (Å²) in [7, 11) is 0. The summed E-state index contributed by atoms with van der Waals surface area (Å²) in [6, 6.07) is 10.5. The first-order valence-corrected chi connectivity index (χ1v) is 7.21. The van der Waals surface area contributed by atoms with Gasteiger partial charge in [-0.05, 0) is 37.8 Å². The van der Waals surface area contributed by atoms with Crippen molar-refractivity contribution >= 4 is 0 Å². The molecule has 2 nitrogen and oxygen atoms in total. The average Bonchev–Trinajstić information content (AvgIpc) is 2.64. The molecule has 1 aliphatic carbocycles. The highest BCUT2D eigenvalue weighted by Gasteiger charge is 2.25. The number of benzene rings is 1. The molecule has 18 heavy (non-hydrogen) atoms. The van der Waals surface area contributed by atoms with Gasteiger partial charge in [-0.25, -0.2) is 0 Å². The second-order valence-corrected chi connectivity index (χ2v) is 5.36. The summed E-state index contributed by atoms with van der Waals surface area (Å²) in [6.07, 6.45) is 6.82. The Hall–Kier alpha value is -0.860. The number of hydrogen-bond acceptors (Lipinski definition) is 2. The van der Waals surface area contributed by atoms with Gasteiger partial charge in [0.15, 0.2) is 0 Å². The Morgan fingerprint density at radius 2 is 1.89 bits per heavy atom. The first kappa shape index (κ1) is 13.6. The Bertz CT molecular complexity index is 338. The number of nitrogens with two attached hydrogens (primary N) is 1. The van der Waals surface area contributed by atoms with E-state index < -0.39 is 0 Å². The van der Waals surface area contributed by atoms with Gasteiger partial charge in [-0.1, -0.05) is 49.6 Å². The van der Waals surface area contributed by atoms with Crippen LogP contribution in [0, 0.1) is 5.92 Å². The van der Waals surface area contributed by atoms with Gasteiger partial charge >= 0.3 is 0 Å². The minimum Gasteiger partial charge on any atom is -0.370 e. The molecule has 0 bridgehead atoms. The largest absolute Gasteiger partial charge is 0.370 e. The predicted molar refractivity (Wildman–Crippen MR) is 75.4 cm³/mol. The predicted octanol–water partition coefficient (Wildman–Crippen LogP) is 3.67. The second kappa shape index (κ2) is 6.91. The van der Waals surface area contributed by atoms with Crippen LogP contribution in [0.4, 0.5) is 0 Å². The molecule has 0 aromatic heterocycles. The highest BCUT2D eigenvalue weighted by Crippen LogP contribution is 2.29. The summed E-state index contributed by atoms with van der Waals surface area (Å²) in [5.74, 6) is 0.540. The zero-order valence-corrected chi connectivity index (χ0v) is 11.3. The topological polar surface area (TPSA) is 35.2 Å². The quantitative estimate of drug-likeness (QED) is 0.824. The molecule has 1 saturated carbocycles. The third kappa shape index (κ3) is 3.56. The van der Waals surface area contributed by atoms with Crippen LogP contribution in [0.1, 0.15) is 50.7 Å². The van der Waals surface area contributed by atoms with Crippen molar-refractivity contribution in [2.45, 2.75) is 51.2 Å². The lowest BCUT2D eigenvalue weighted by Gasteiger charge is -2.27. The third-order valence-electron chi connectivity index (χ3n) is 4.04. The monoisotopic (exact) mass is 247 g/mol. The van der Waals surface area contributed by atoms with Crippen molar-refractivity contribution in [3.8, 4) is 0 Å². The molecule has 2 N–H and O–H groups in total. The van der Waals surface area contributed by atoms with E-state index in [1.807, 2.05) is 6.07 Å². The van der Waals surface area contributed by atoms with Crippen LogP contribution in [0.2, 0.25) is 0 Å². The molecule has 0 radical (unpaired) electrons. The van der Waals surface area contributed by atoms with E-state index in [0.29, 0.717) is 12.0 Å². The molecular formula is C16H25NO.